The Hall–Kier alpha value is -3.81. The normalized spacial score (nSPS) is 18.2. The van der Waals surface area contributed by atoms with Crippen LogP contribution in [0.1, 0.15) is 37.1 Å². The first kappa shape index (κ1) is 22.4. The second kappa shape index (κ2) is 10.2. The fourth-order valence-corrected chi connectivity index (χ4v) is 4.21. The third kappa shape index (κ3) is 5.34. The molecule has 0 aliphatic heterocycles. The van der Waals surface area contributed by atoms with E-state index in [1.165, 1.54) is 0 Å². The minimum absolute atomic E-state index is 0.00643. The predicted molar refractivity (Wildman–Crippen MR) is 133 cm³/mol. The van der Waals surface area contributed by atoms with Crippen molar-refractivity contribution in [3.63, 3.8) is 0 Å². The first-order valence-electron chi connectivity index (χ1n) is 11.1. The highest BCUT2D eigenvalue weighted by Crippen LogP contribution is 2.30. The lowest BCUT2D eigenvalue weighted by molar-refractivity contribution is 0.405. The summed E-state index contributed by atoms with van der Waals surface area (Å²) in [5, 5.41) is 4.50. The summed E-state index contributed by atoms with van der Waals surface area (Å²) in [5.74, 6) is 2.98. The highest BCUT2D eigenvalue weighted by atomic mass is 16.5. The summed E-state index contributed by atoms with van der Waals surface area (Å²) in [6.45, 7) is 0. The molecule has 8 nitrogen and oxygen atoms in total. The predicted octanol–water partition coefficient (Wildman–Crippen LogP) is 3.81. The van der Waals surface area contributed by atoms with Crippen LogP contribution >= 0.6 is 0 Å². The lowest BCUT2D eigenvalue weighted by Gasteiger charge is -2.30. The van der Waals surface area contributed by atoms with E-state index < -0.39 is 0 Å². The molecule has 4 rings (SSSR count). The summed E-state index contributed by atoms with van der Waals surface area (Å²) in [6.07, 6.45) is 7.95. The van der Waals surface area contributed by atoms with Crippen LogP contribution in [0.15, 0.2) is 47.5 Å². The van der Waals surface area contributed by atoms with Crippen molar-refractivity contribution in [1.82, 2.24) is 9.97 Å². The molecule has 33 heavy (non-hydrogen) atoms. The van der Waals surface area contributed by atoms with E-state index in [2.05, 4.69) is 10.3 Å². The fourth-order valence-electron chi connectivity index (χ4n) is 4.21. The maximum absolute atomic E-state index is 5.69. The number of aromatic nitrogens is 2. The molecule has 1 aromatic heterocycles. The molecule has 1 aliphatic rings. The van der Waals surface area contributed by atoms with Crippen LogP contribution < -0.4 is 26.3 Å². The molecule has 1 heterocycles. The zero-order chi connectivity index (χ0) is 23.2. The number of hydrogen-bond donors (Lipinski definition) is 3. The van der Waals surface area contributed by atoms with Crippen LogP contribution in [-0.4, -0.2) is 42.2 Å². The van der Waals surface area contributed by atoms with E-state index in [1.807, 2.05) is 54.6 Å². The number of nitrogens with one attached hydrogen (secondary N) is 1. The number of rotatable bonds is 7. The van der Waals surface area contributed by atoms with Crippen LogP contribution in [0.5, 0.6) is 11.5 Å². The Kier molecular flexibility index (Phi) is 6.92. The van der Waals surface area contributed by atoms with E-state index in [4.69, 9.17) is 30.9 Å². The first-order valence-corrected chi connectivity index (χ1v) is 11.1. The van der Waals surface area contributed by atoms with Crippen molar-refractivity contribution in [2.45, 2.75) is 37.8 Å². The largest absolute Gasteiger partial charge is 0.497 e. The van der Waals surface area contributed by atoms with Gasteiger partial charge in [-0.1, -0.05) is 31.0 Å². The minimum atomic E-state index is 0.00643. The lowest BCUT2D eigenvalue weighted by Crippen LogP contribution is -2.38. The van der Waals surface area contributed by atoms with Gasteiger partial charge in [0.1, 0.15) is 17.3 Å². The molecule has 1 saturated carbocycles. The molecule has 8 heteroatoms. The van der Waals surface area contributed by atoms with Crippen molar-refractivity contribution >= 4 is 34.8 Å². The number of nitrogens with zero attached hydrogens (tertiary/aromatic N) is 3. The maximum Gasteiger partial charge on any atom is 0.186 e. The Morgan fingerprint density at radius 1 is 1.03 bits per heavy atom. The molecule has 3 aromatic rings. The van der Waals surface area contributed by atoms with Gasteiger partial charge in [0.05, 0.1) is 31.8 Å². The molecule has 0 radical (unpaired) electrons. The van der Waals surface area contributed by atoms with Gasteiger partial charge in [-0.25, -0.2) is 15.0 Å². The van der Waals surface area contributed by atoms with E-state index in [0.717, 1.165) is 59.5 Å². The number of hydrogen-bond acceptors (Lipinski definition) is 6. The molecule has 1 fully saturated rings. The number of methoxy groups -OCH3 is 2. The topological polar surface area (TPSA) is 121 Å². The van der Waals surface area contributed by atoms with Gasteiger partial charge in [0.2, 0.25) is 0 Å². The smallest absolute Gasteiger partial charge is 0.186 e. The van der Waals surface area contributed by atoms with E-state index in [0.29, 0.717) is 5.82 Å². The SMILES string of the molecule is COc1ccc2nc(/C=C\c3ccccc3OC)nc(NC3CCCCC3N=C(N)N)c2c1. The summed E-state index contributed by atoms with van der Waals surface area (Å²) < 4.78 is 10.9. The molecule has 0 amide bonds. The van der Waals surface area contributed by atoms with E-state index in [-0.39, 0.29) is 18.0 Å². The van der Waals surface area contributed by atoms with Crippen LogP contribution in [-0.2, 0) is 0 Å². The summed E-state index contributed by atoms with van der Waals surface area (Å²) >= 11 is 0. The average molecular weight is 447 g/mol. The Morgan fingerprint density at radius 3 is 2.64 bits per heavy atom. The monoisotopic (exact) mass is 446 g/mol. The summed E-state index contributed by atoms with van der Waals surface area (Å²) in [7, 11) is 3.31. The van der Waals surface area contributed by atoms with Crippen molar-refractivity contribution in [2.24, 2.45) is 16.5 Å². The number of aliphatic imine (C=N–C) groups is 1. The van der Waals surface area contributed by atoms with E-state index in [1.54, 1.807) is 14.2 Å². The van der Waals surface area contributed by atoms with Gasteiger partial charge in [-0.3, -0.25) is 0 Å². The second-order valence-electron chi connectivity index (χ2n) is 8.05. The highest BCUT2D eigenvalue weighted by molar-refractivity contribution is 5.91. The van der Waals surface area contributed by atoms with Gasteiger partial charge in [0.15, 0.2) is 11.8 Å². The summed E-state index contributed by atoms with van der Waals surface area (Å²) in [5.41, 5.74) is 13.2. The number of para-hydroxylation sites is 1. The van der Waals surface area contributed by atoms with Crippen LogP contribution in [0.4, 0.5) is 5.82 Å². The average Bonchev–Trinajstić information content (AvgIpc) is 2.83. The van der Waals surface area contributed by atoms with E-state index >= 15 is 0 Å². The van der Waals surface area contributed by atoms with Gasteiger partial charge < -0.3 is 26.3 Å². The molecular weight excluding hydrogens is 416 g/mol. The van der Waals surface area contributed by atoms with E-state index in [9.17, 15) is 0 Å². The molecule has 0 bridgehead atoms. The molecule has 5 N–H and O–H groups in total. The fraction of sp³-hybridized carbons (Fsp3) is 0.320. The Labute approximate surface area is 193 Å². The van der Waals surface area contributed by atoms with Gasteiger partial charge in [-0.15, -0.1) is 0 Å². The Morgan fingerprint density at radius 2 is 1.85 bits per heavy atom. The van der Waals surface area contributed by atoms with Crippen LogP contribution in [0.3, 0.4) is 0 Å². The van der Waals surface area contributed by atoms with Crippen molar-refractivity contribution in [1.29, 1.82) is 0 Å². The van der Waals surface area contributed by atoms with Crippen molar-refractivity contribution in [3.05, 3.63) is 53.9 Å². The number of guanidine groups is 1. The van der Waals surface area contributed by atoms with Crippen LogP contribution in [0.25, 0.3) is 23.1 Å². The standard InChI is InChI=1S/C25H30N6O2/c1-32-17-12-13-19-18(15-17)24(29-20-8-4-5-9-21(20)30-25(26)27)31-23(28-19)14-11-16-7-3-6-10-22(16)33-2/h3,6-7,10-15,20-21H,4-5,8-9H2,1-2H3,(H4,26,27,30)(H,28,29,31)/b14-11-. The van der Waals surface area contributed by atoms with Gasteiger partial charge in [-0.05, 0) is 49.3 Å². The number of fused-ring (bicyclic) bond motifs is 1. The number of anilines is 1. The number of nitrogens with two attached hydrogens (primary N) is 2. The van der Waals surface area contributed by atoms with Gasteiger partial charge >= 0.3 is 0 Å². The molecular formula is C25H30N6O2. The zero-order valence-corrected chi connectivity index (χ0v) is 19.0. The third-order valence-electron chi connectivity index (χ3n) is 5.84. The van der Waals surface area contributed by atoms with Crippen molar-refractivity contribution in [3.8, 4) is 11.5 Å². The molecule has 0 spiro atoms. The molecule has 2 atom stereocenters. The van der Waals surface area contributed by atoms with Crippen molar-refractivity contribution < 1.29 is 9.47 Å². The van der Waals surface area contributed by atoms with Gasteiger partial charge in [-0.2, -0.15) is 0 Å². The third-order valence-corrected chi connectivity index (χ3v) is 5.84. The molecule has 2 unspecified atom stereocenters. The molecule has 1 aliphatic carbocycles. The molecule has 0 saturated heterocycles. The van der Waals surface area contributed by atoms with Gasteiger partial charge in [0.25, 0.3) is 0 Å². The molecule has 172 valence electrons. The highest BCUT2D eigenvalue weighted by Gasteiger charge is 2.26. The Balaban J connectivity index is 1.73. The van der Waals surface area contributed by atoms with Crippen molar-refractivity contribution in [2.75, 3.05) is 19.5 Å². The summed E-state index contributed by atoms with van der Waals surface area (Å²) in [4.78, 5) is 14.0. The minimum Gasteiger partial charge on any atom is -0.497 e. The lowest BCUT2D eigenvalue weighted by atomic mass is 9.90. The van der Waals surface area contributed by atoms with Crippen LogP contribution in [0, 0.1) is 0 Å². The second-order valence-corrected chi connectivity index (χ2v) is 8.05. The zero-order valence-electron chi connectivity index (χ0n) is 19.0. The van der Waals surface area contributed by atoms with Gasteiger partial charge in [0, 0.05) is 10.9 Å². The first-order chi connectivity index (χ1) is 16.1. The summed E-state index contributed by atoms with van der Waals surface area (Å²) in [6, 6.07) is 13.7. The van der Waals surface area contributed by atoms with Crippen LogP contribution in [0.2, 0.25) is 0 Å². The molecule has 2 aromatic carbocycles. The Bertz CT molecular complexity index is 1170. The number of benzene rings is 2. The number of ether oxygens (including phenoxy) is 2. The quantitative estimate of drug-likeness (QED) is 0.373. The maximum atomic E-state index is 5.69.